The molecule has 0 aliphatic rings. The highest BCUT2D eigenvalue weighted by Gasteiger charge is 2.17. The van der Waals surface area contributed by atoms with Crippen LogP contribution in [0.5, 0.6) is 0 Å². The van der Waals surface area contributed by atoms with Crippen molar-refractivity contribution in [2.24, 2.45) is 0 Å². The van der Waals surface area contributed by atoms with Gasteiger partial charge in [-0.2, -0.15) is 0 Å². The molecule has 2 aromatic carbocycles. The van der Waals surface area contributed by atoms with Crippen molar-refractivity contribution >= 4 is 11.0 Å². The van der Waals surface area contributed by atoms with Gasteiger partial charge in [-0.1, -0.05) is 42.0 Å². The van der Waals surface area contributed by atoms with Crippen LogP contribution in [-0.4, -0.2) is 21.2 Å². The Bertz CT molecular complexity index is 807. The Kier molecular flexibility index (Phi) is 4.97. The zero-order chi connectivity index (χ0) is 17.1. The summed E-state index contributed by atoms with van der Waals surface area (Å²) in [5, 5.41) is 13.8. The molecule has 0 aliphatic heterocycles. The normalized spacial score (nSPS) is 14.0. The number of nitrogens with one attached hydrogen (secondary N) is 1. The van der Waals surface area contributed by atoms with E-state index in [1.54, 1.807) is 0 Å². The number of imidazole rings is 1. The number of hydrogen-bond acceptors (Lipinski definition) is 3. The third-order valence-electron chi connectivity index (χ3n) is 4.47. The molecule has 126 valence electrons. The predicted octanol–water partition coefficient (Wildman–Crippen LogP) is 3.75. The molecule has 2 N–H and O–H groups in total. The molecule has 0 saturated carbocycles. The van der Waals surface area contributed by atoms with Crippen molar-refractivity contribution in [3.63, 3.8) is 0 Å². The van der Waals surface area contributed by atoms with Gasteiger partial charge in [0.15, 0.2) is 0 Å². The van der Waals surface area contributed by atoms with Gasteiger partial charge in [-0.25, -0.2) is 4.98 Å². The highest BCUT2D eigenvalue weighted by Crippen LogP contribution is 2.21. The summed E-state index contributed by atoms with van der Waals surface area (Å²) in [6.07, 6.45) is -0.521. The molecule has 0 radical (unpaired) electrons. The molecule has 4 nitrogen and oxygen atoms in total. The second-order valence-electron chi connectivity index (χ2n) is 6.26. The maximum Gasteiger partial charge on any atom is 0.126 e. The van der Waals surface area contributed by atoms with E-state index in [-0.39, 0.29) is 6.04 Å². The van der Waals surface area contributed by atoms with E-state index in [9.17, 15) is 5.11 Å². The SMILES string of the molecule is CCn1c(C(C)NCC(O)c2ccc(C)cc2)nc2ccccc21. The quantitative estimate of drug-likeness (QED) is 0.726. The molecule has 0 bridgehead atoms. The number of fused-ring (bicyclic) bond motifs is 1. The van der Waals surface area contributed by atoms with E-state index in [2.05, 4.69) is 29.8 Å². The Morgan fingerprint density at radius 3 is 2.54 bits per heavy atom. The smallest absolute Gasteiger partial charge is 0.126 e. The summed E-state index contributed by atoms with van der Waals surface area (Å²) in [4.78, 5) is 4.76. The van der Waals surface area contributed by atoms with Crippen molar-refractivity contribution in [1.82, 2.24) is 14.9 Å². The maximum absolute atomic E-state index is 10.4. The minimum atomic E-state index is -0.521. The van der Waals surface area contributed by atoms with Gasteiger partial charge in [-0.15, -0.1) is 0 Å². The number of aromatic nitrogens is 2. The fourth-order valence-corrected chi connectivity index (χ4v) is 3.04. The van der Waals surface area contributed by atoms with Crippen molar-refractivity contribution in [1.29, 1.82) is 0 Å². The number of aliphatic hydroxyl groups excluding tert-OH is 1. The van der Waals surface area contributed by atoms with Gasteiger partial charge in [0.2, 0.25) is 0 Å². The summed E-state index contributed by atoms with van der Waals surface area (Å²) in [7, 11) is 0. The minimum absolute atomic E-state index is 0.0671. The largest absolute Gasteiger partial charge is 0.387 e. The Labute approximate surface area is 143 Å². The van der Waals surface area contributed by atoms with Crippen LogP contribution in [0.3, 0.4) is 0 Å². The van der Waals surface area contributed by atoms with Crippen LogP contribution in [0.4, 0.5) is 0 Å². The molecule has 1 heterocycles. The van der Waals surface area contributed by atoms with Gasteiger partial charge in [0, 0.05) is 13.1 Å². The number of aliphatic hydroxyl groups is 1. The zero-order valence-corrected chi connectivity index (χ0v) is 14.5. The first kappa shape index (κ1) is 16.7. The summed E-state index contributed by atoms with van der Waals surface area (Å²) < 4.78 is 2.23. The maximum atomic E-state index is 10.4. The molecule has 0 amide bonds. The first-order valence-corrected chi connectivity index (χ1v) is 8.53. The summed E-state index contributed by atoms with van der Waals surface area (Å²) in [6.45, 7) is 7.64. The molecule has 0 fully saturated rings. The fraction of sp³-hybridized carbons (Fsp3) is 0.350. The molecular formula is C20H25N3O. The highest BCUT2D eigenvalue weighted by atomic mass is 16.3. The lowest BCUT2D eigenvalue weighted by atomic mass is 10.1. The second kappa shape index (κ2) is 7.16. The second-order valence-corrected chi connectivity index (χ2v) is 6.26. The first-order chi connectivity index (χ1) is 11.6. The number of rotatable bonds is 6. The predicted molar refractivity (Wildman–Crippen MR) is 98.0 cm³/mol. The van der Waals surface area contributed by atoms with E-state index in [0.29, 0.717) is 6.54 Å². The lowest BCUT2D eigenvalue weighted by Crippen LogP contribution is -2.26. The Balaban J connectivity index is 1.73. The van der Waals surface area contributed by atoms with Gasteiger partial charge in [-0.3, -0.25) is 0 Å². The molecule has 3 aromatic rings. The number of nitrogens with zero attached hydrogens (tertiary/aromatic N) is 2. The average Bonchev–Trinajstić information content (AvgIpc) is 2.98. The van der Waals surface area contributed by atoms with Gasteiger partial charge in [0.25, 0.3) is 0 Å². The molecule has 0 spiro atoms. The zero-order valence-electron chi connectivity index (χ0n) is 14.5. The molecule has 2 unspecified atom stereocenters. The molecule has 4 heteroatoms. The summed E-state index contributed by atoms with van der Waals surface area (Å²) >= 11 is 0. The highest BCUT2D eigenvalue weighted by molar-refractivity contribution is 5.76. The lowest BCUT2D eigenvalue weighted by molar-refractivity contribution is 0.170. The first-order valence-electron chi connectivity index (χ1n) is 8.53. The lowest BCUT2D eigenvalue weighted by Gasteiger charge is -2.18. The van der Waals surface area contributed by atoms with Crippen molar-refractivity contribution < 1.29 is 5.11 Å². The van der Waals surface area contributed by atoms with E-state index in [1.807, 2.05) is 49.4 Å². The van der Waals surface area contributed by atoms with Gasteiger partial charge in [0.05, 0.1) is 23.2 Å². The fourth-order valence-electron chi connectivity index (χ4n) is 3.04. The van der Waals surface area contributed by atoms with Crippen LogP contribution >= 0.6 is 0 Å². The standard InChI is InChI=1S/C20H25N3O/c1-4-23-18-8-6-5-7-17(18)22-20(23)15(3)21-13-19(24)16-11-9-14(2)10-12-16/h5-12,15,19,21,24H,4,13H2,1-3H3. The van der Waals surface area contributed by atoms with Crippen molar-refractivity contribution in [2.75, 3.05) is 6.54 Å². The van der Waals surface area contributed by atoms with E-state index in [4.69, 9.17) is 4.98 Å². The number of hydrogen-bond donors (Lipinski definition) is 2. The van der Waals surface area contributed by atoms with E-state index in [0.717, 1.165) is 29.0 Å². The van der Waals surface area contributed by atoms with Crippen molar-refractivity contribution in [3.8, 4) is 0 Å². The Morgan fingerprint density at radius 1 is 1.12 bits per heavy atom. The van der Waals surface area contributed by atoms with Gasteiger partial charge in [-0.05, 0) is 38.5 Å². The van der Waals surface area contributed by atoms with E-state index < -0.39 is 6.10 Å². The Hall–Kier alpha value is -2.17. The molecule has 3 rings (SSSR count). The number of benzene rings is 2. The van der Waals surface area contributed by atoms with Crippen LogP contribution in [0.25, 0.3) is 11.0 Å². The van der Waals surface area contributed by atoms with Crippen LogP contribution in [0.1, 0.15) is 42.9 Å². The molecule has 0 aliphatic carbocycles. The number of para-hydroxylation sites is 2. The Morgan fingerprint density at radius 2 is 1.83 bits per heavy atom. The third-order valence-corrected chi connectivity index (χ3v) is 4.47. The molecule has 1 aromatic heterocycles. The van der Waals surface area contributed by atoms with Gasteiger partial charge in [0.1, 0.15) is 5.82 Å². The summed E-state index contributed by atoms with van der Waals surface area (Å²) in [5.74, 6) is 1.01. The topological polar surface area (TPSA) is 50.1 Å². The number of aryl methyl sites for hydroxylation is 2. The van der Waals surface area contributed by atoms with Crippen LogP contribution < -0.4 is 5.32 Å². The van der Waals surface area contributed by atoms with Crippen molar-refractivity contribution in [3.05, 3.63) is 65.5 Å². The monoisotopic (exact) mass is 323 g/mol. The van der Waals surface area contributed by atoms with E-state index in [1.165, 1.54) is 5.56 Å². The molecule has 0 saturated heterocycles. The summed E-state index contributed by atoms with van der Waals surface area (Å²) in [6, 6.07) is 16.3. The van der Waals surface area contributed by atoms with Crippen LogP contribution in [-0.2, 0) is 6.54 Å². The van der Waals surface area contributed by atoms with Crippen molar-refractivity contribution in [2.45, 2.75) is 39.5 Å². The minimum Gasteiger partial charge on any atom is -0.387 e. The average molecular weight is 323 g/mol. The third kappa shape index (κ3) is 3.35. The van der Waals surface area contributed by atoms with Crippen LogP contribution in [0, 0.1) is 6.92 Å². The molecule has 2 atom stereocenters. The molecule has 24 heavy (non-hydrogen) atoms. The van der Waals surface area contributed by atoms with E-state index >= 15 is 0 Å². The summed E-state index contributed by atoms with van der Waals surface area (Å²) in [5.41, 5.74) is 4.30. The van der Waals surface area contributed by atoms with Gasteiger partial charge >= 0.3 is 0 Å². The van der Waals surface area contributed by atoms with Crippen LogP contribution in [0.15, 0.2) is 48.5 Å². The molecular weight excluding hydrogens is 298 g/mol. The van der Waals surface area contributed by atoms with Crippen LogP contribution in [0.2, 0.25) is 0 Å². The van der Waals surface area contributed by atoms with Gasteiger partial charge < -0.3 is 15.0 Å².